The number of halogens is 2. The SMILES string of the molecule is COC(=O)C[C@H](N)Cc1ccc(F)cc1F. The maximum Gasteiger partial charge on any atom is 0.307 e. The van der Waals surface area contributed by atoms with Gasteiger partial charge in [0, 0.05) is 12.1 Å². The molecule has 0 saturated heterocycles. The molecular weight excluding hydrogens is 216 g/mol. The highest BCUT2D eigenvalue weighted by Gasteiger charge is 2.13. The van der Waals surface area contributed by atoms with Crippen molar-refractivity contribution in [3.05, 3.63) is 35.4 Å². The van der Waals surface area contributed by atoms with Crippen molar-refractivity contribution in [2.75, 3.05) is 7.11 Å². The Bertz CT molecular complexity index is 382. The van der Waals surface area contributed by atoms with Gasteiger partial charge >= 0.3 is 5.97 Å². The lowest BCUT2D eigenvalue weighted by atomic mass is 10.0. The summed E-state index contributed by atoms with van der Waals surface area (Å²) in [5, 5.41) is 0. The molecule has 0 saturated carbocycles. The largest absolute Gasteiger partial charge is 0.469 e. The highest BCUT2D eigenvalue weighted by atomic mass is 19.1. The van der Waals surface area contributed by atoms with Crippen LogP contribution in [0.3, 0.4) is 0 Å². The van der Waals surface area contributed by atoms with Crippen LogP contribution >= 0.6 is 0 Å². The van der Waals surface area contributed by atoms with Gasteiger partial charge in [0.1, 0.15) is 11.6 Å². The second-order valence-corrected chi connectivity index (χ2v) is 3.48. The van der Waals surface area contributed by atoms with Crippen LogP contribution in [0, 0.1) is 11.6 Å². The first kappa shape index (κ1) is 12.6. The molecule has 2 N–H and O–H groups in total. The third kappa shape index (κ3) is 3.58. The fourth-order valence-corrected chi connectivity index (χ4v) is 1.34. The van der Waals surface area contributed by atoms with E-state index in [0.717, 1.165) is 12.1 Å². The van der Waals surface area contributed by atoms with Gasteiger partial charge in [0.15, 0.2) is 0 Å². The number of esters is 1. The minimum absolute atomic E-state index is 0.00726. The Labute approximate surface area is 92.2 Å². The molecule has 5 heteroatoms. The fourth-order valence-electron chi connectivity index (χ4n) is 1.34. The smallest absolute Gasteiger partial charge is 0.307 e. The van der Waals surface area contributed by atoms with E-state index in [1.165, 1.54) is 13.2 Å². The lowest BCUT2D eigenvalue weighted by Gasteiger charge is -2.10. The summed E-state index contributed by atoms with van der Waals surface area (Å²) in [6.45, 7) is 0. The van der Waals surface area contributed by atoms with Crippen molar-refractivity contribution in [3.63, 3.8) is 0 Å². The maximum absolute atomic E-state index is 13.2. The molecule has 0 aliphatic rings. The van der Waals surface area contributed by atoms with E-state index < -0.39 is 23.6 Å². The maximum atomic E-state index is 13.2. The Morgan fingerprint density at radius 1 is 1.50 bits per heavy atom. The quantitative estimate of drug-likeness (QED) is 0.794. The predicted molar refractivity (Wildman–Crippen MR) is 54.7 cm³/mol. The average molecular weight is 229 g/mol. The summed E-state index contributed by atoms with van der Waals surface area (Å²) in [5.74, 6) is -1.74. The minimum atomic E-state index is -0.652. The van der Waals surface area contributed by atoms with E-state index >= 15 is 0 Å². The number of nitrogens with two attached hydrogens (primary N) is 1. The summed E-state index contributed by atoms with van der Waals surface area (Å²) in [7, 11) is 1.26. The van der Waals surface area contributed by atoms with Crippen molar-refractivity contribution in [3.8, 4) is 0 Å². The Morgan fingerprint density at radius 2 is 2.19 bits per heavy atom. The van der Waals surface area contributed by atoms with Crippen molar-refractivity contribution in [2.24, 2.45) is 5.73 Å². The monoisotopic (exact) mass is 229 g/mol. The van der Waals surface area contributed by atoms with Crippen LogP contribution in [-0.4, -0.2) is 19.1 Å². The molecular formula is C11H13F2NO2. The molecule has 0 heterocycles. The second-order valence-electron chi connectivity index (χ2n) is 3.48. The lowest BCUT2D eigenvalue weighted by Crippen LogP contribution is -2.27. The molecule has 0 radical (unpaired) electrons. The van der Waals surface area contributed by atoms with Gasteiger partial charge in [-0.1, -0.05) is 6.07 Å². The predicted octanol–water partition coefficient (Wildman–Crippen LogP) is 1.40. The Morgan fingerprint density at radius 3 is 2.75 bits per heavy atom. The molecule has 3 nitrogen and oxygen atoms in total. The first-order chi connectivity index (χ1) is 7.52. The van der Waals surface area contributed by atoms with Gasteiger partial charge in [0.05, 0.1) is 13.5 Å². The summed E-state index contributed by atoms with van der Waals surface area (Å²) < 4.78 is 30.3. The molecule has 1 aromatic rings. The van der Waals surface area contributed by atoms with E-state index in [9.17, 15) is 13.6 Å². The number of benzene rings is 1. The molecule has 0 bridgehead atoms. The molecule has 0 amide bonds. The molecule has 1 aromatic carbocycles. The first-order valence-corrected chi connectivity index (χ1v) is 4.79. The molecule has 88 valence electrons. The number of ether oxygens (including phenoxy) is 1. The summed E-state index contributed by atoms with van der Waals surface area (Å²) in [5.41, 5.74) is 5.92. The zero-order valence-electron chi connectivity index (χ0n) is 8.87. The van der Waals surface area contributed by atoms with Crippen LogP contribution < -0.4 is 5.73 Å². The zero-order chi connectivity index (χ0) is 12.1. The number of carbonyl (C=O) groups is 1. The van der Waals surface area contributed by atoms with E-state index in [4.69, 9.17) is 5.73 Å². The van der Waals surface area contributed by atoms with Crippen molar-refractivity contribution in [1.82, 2.24) is 0 Å². The summed E-state index contributed by atoms with van der Waals surface area (Å²) in [6.07, 6.45) is 0.175. The number of rotatable bonds is 4. The molecule has 0 fully saturated rings. The standard InChI is InChI=1S/C11H13F2NO2/c1-16-11(15)6-9(14)4-7-2-3-8(12)5-10(7)13/h2-3,5,9H,4,6,14H2,1H3/t9-/m1/s1. The fraction of sp³-hybridized carbons (Fsp3) is 0.364. The van der Waals surface area contributed by atoms with E-state index in [2.05, 4.69) is 4.74 Å². The highest BCUT2D eigenvalue weighted by molar-refractivity contribution is 5.69. The normalized spacial score (nSPS) is 12.2. The zero-order valence-corrected chi connectivity index (χ0v) is 8.87. The molecule has 1 atom stereocenters. The van der Waals surface area contributed by atoms with Gasteiger partial charge in [-0.2, -0.15) is 0 Å². The van der Waals surface area contributed by atoms with Crippen LogP contribution in [0.1, 0.15) is 12.0 Å². The number of methoxy groups -OCH3 is 1. The van der Waals surface area contributed by atoms with Gasteiger partial charge in [0.2, 0.25) is 0 Å². The van der Waals surface area contributed by atoms with Crippen molar-refractivity contribution in [2.45, 2.75) is 18.9 Å². The molecule has 0 aliphatic heterocycles. The van der Waals surface area contributed by atoms with E-state index in [1.807, 2.05) is 0 Å². The summed E-state index contributed by atoms with van der Waals surface area (Å²) in [6, 6.07) is 2.73. The van der Waals surface area contributed by atoms with Crippen LogP contribution in [0.2, 0.25) is 0 Å². The van der Waals surface area contributed by atoms with Crippen LogP contribution in [0.15, 0.2) is 18.2 Å². The van der Waals surface area contributed by atoms with E-state index in [0.29, 0.717) is 0 Å². The highest BCUT2D eigenvalue weighted by Crippen LogP contribution is 2.12. The van der Waals surface area contributed by atoms with E-state index in [1.54, 1.807) is 0 Å². The molecule has 16 heavy (non-hydrogen) atoms. The topological polar surface area (TPSA) is 52.3 Å². The van der Waals surface area contributed by atoms with Crippen LogP contribution in [0.4, 0.5) is 8.78 Å². The second kappa shape index (κ2) is 5.55. The van der Waals surface area contributed by atoms with Gasteiger partial charge in [-0.05, 0) is 18.1 Å². The minimum Gasteiger partial charge on any atom is -0.469 e. The number of carbonyl (C=O) groups excluding carboxylic acids is 1. The molecule has 0 aromatic heterocycles. The third-order valence-corrected chi connectivity index (χ3v) is 2.15. The summed E-state index contributed by atoms with van der Waals surface area (Å²) >= 11 is 0. The number of hydrogen-bond donors (Lipinski definition) is 1. The van der Waals surface area contributed by atoms with Gasteiger partial charge in [0.25, 0.3) is 0 Å². The molecule has 0 spiro atoms. The van der Waals surface area contributed by atoms with Crippen LogP contribution in [0.25, 0.3) is 0 Å². The van der Waals surface area contributed by atoms with Crippen molar-refractivity contribution in [1.29, 1.82) is 0 Å². The molecule has 1 rings (SSSR count). The van der Waals surface area contributed by atoms with Gasteiger partial charge < -0.3 is 10.5 Å². The molecule has 0 unspecified atom stereocenters. The first-order valence-electron chi connectivity index (χ1n) is 4.79. The van der Waals surface area contributed by atoms with Crippen LogP contribution in [-0.2, 0) is 16.0 Å². The van der Waals surface area contributed by atoms with Gasteiger partial charge in [-0.15, -0.1) is 0 Å². The van der Waals surface area contributed by atoms with Crippen molar-refractivity contribution < 1.29 is 18.3 Å². The third-order valence-electron chi connectivity index (χ3n) is 2.15. The van der Waals surface area contributed by atoms with Crippen LogP contribution in [0.5, 0.6) is 0 Å². The average Bonchev–Trinajstić information content (AvgIpc) is 2.22. The Hall–Kier alpha value is -1.49. The Kier molecular flexibility index (Phi) is 4.37. The molecule has 0 aliphatic carbocycles. The summed E-state index contributed by atoms with van der Waals surface area (Å²) in [4.78, 5) is 10.9. The van der Waals surface area contributed by atoms with Crippen molar-refractivity contribution >= 4 is 5.97 Å². The lowest BCUT2D eigenvalue weighted by molar-refractivity contribution is -0.140. The Balaban J connectivity index is 2.62. The van der Waals surface area contributed by atoms with Gasteiger partial charge in [-0.25, -0.2) is 8.78 Å². The number of hydrogen-bond acceptors (Lipinski definition) is 3. The van der Waals surface area contributed by atoms with E-state index in [-0.39, 0.29) is 18.4 Å². The van der Waals surface area contributed by atoms with Gasteiger partial charge in [-0.3, -0.25) is 4.79 Å².